The molecule has 6 heteroatoms. The van der Waals surface area contributed by atoms with E-state index in [4.69, 9.17) is 9.84 Å². The van der Waals surface area contributed by atoms with Crippen LogP contribution in [-0.4, -0.2) is 46.3 Å². The zero-order chi connectivity index (χ0) is 11.2. The fraction of sp³-hybridized carbons (Fsp3) is 0.556. The molecule has 0 saturated carbocycles. The zero-order valence-electron chi connectivity index (χ0n) is 8.06. The monoisotopic (exact) mass is 222 g/mol. The van der Waals surface area contributed by atoms with Crippen molar-refractivity contribution in [1.29, 1.82) is 0 Å². The summed E-state index contributed by atoms with van der Waals surface area (Å²) in [6, 6.07) is 0. The van der Waals surface area contributed by atoms with Crippen molar-refractivity contribution in [1.82, 2.24) is 5.32 Å². The van der Waals surface area contributed by atoms with Crippen molar-refractivity contribution in [3.05, 3.63) is 11.8 Å². The number of fused-ring (bicyclic) bond motifs is 1. The SMILES string of the molecule is [13CH3][13C](=O)N[13C]1=[13CH][13C](=O)[13C@]2([13CH2]O)O[13C@@H]2[13C@H]1O. The highest BCUT2D eigenvalue weighted by Gasteiger charge is 2.67. The van der Waals surface area contributed by atoms with E-state index in [9.17, 15) is 14.7 Å². The van der Waals surface area contributed by atoms with E-state index in [2.05, 4.69) is 5.32 Å². The van der Waals surface area contributed by atoms with Gasteiger partial charge in [-0.2, -0.15) is 0 Å². The smallest absolute Gasteiger partial charge is 0.221 e. The molecule has 2 aliphatic rings. The lowest BCUT2D eigenvalue weighted by molar-refractivity contribution is -0.121. The summed E-state index contributed by atoms with van der Waals surface area (Å²) in [5, 5.41) is 21.0. The lowest BCUT2D eigenvalue weighted by Gasteiger charge is -2.19. The summed E-state index contributed by atoms with van der Waals surface area (Å²) in [6.45, 7) is 0.817. The summed E-state index contributed by atoms with van der Waals surface area (Å²) in [5.41, 5.74) is -1.15. The third-order valence-corrected chi connectivity index (χ3v) is 2.60. The molecule has 15 heavy (non-hydrogen) atoms. The second-order valence-corrected chi connectivity index (χ2v) is 3.68. The maximum absolute atomic E-state index is 11.5. The molecule has 0 bridgehead atoms. The van der Waals surface area contributed by atoms with Crippen molar-refractivity contribution >= 4 is 11.7 Å². The number of aliphatic hydroxyl groups excluding tert-OH is 2. The predicted octanol–water partition coefficient (Wildman–Crippen LogP) is -1.92. The predicted molar refractivity (Wildman–Crippen MR) is 47.6 cm³/mol. The van der Waals surface area contributed by atoms with Crippen LogP contribution in [0.15, 0.2) is 11.8 Å². The van der Waals surface area contributed by atoms with Gasteiger partial charge in [0.2, 0.25) is 5.91 Å². The number of carbonyl (C=O) groups excluding carboxylic acids is 2. The highest BCUT2D eigenvalue weighted by atomic mass is 16.9. The van der Waals surface area contributed by atoms with Gasteiger partial charge in [0.25, 0.3) is 0 Å². The number of aliphatic hydroxyl groups is 2. The molecule has 0 aromatic carbocycles. The minimum absolute atomic E-state index is 0.124. The van der Waals surface area contributed by atoms with Gasteiger partial charge in [0.05, 0.1) is 12.3 Å². The lowest BCUT2D eigenvalue weighted by Crippen LogP contribution is -2.43. The van der Waals surface area contributed by atoms with E-state index in [1.807, 2.05) is 0 Å². The van der Waals surface area contributed by atoms with Crippen LogP contribution in [0.3, 0.4) is 0 Å². The number of epoxide rings is 1. The summed E-state index contributed by atoms with van der Waals surface area (Å²) in [6.07, 6.45) is -0.716. The standard InChI is InChI=1S/C9H11NO5/c1-4(12)10-5-2-6(13)9(3-11)8(15-9)7(5)14/h2,7-8,11,14H,3H2,1H3,(H,10,12)/t7-,8+,9-/m0/s1/i1+1,2+1,3+1,4+1,5+1,6+1,7+1,8+1,9+1. The molecule has 3 atom stereocenters. The van der Waals surface area contributed by atoms with Gasteiger partial charge in [-0.15, -0.1) is 0 Å². The molecule has 1 heterocycles. The average Bonchev–Trinajstić information content (AvgIpc) is 2.89. The molecule has 0 unspecified atom stereocenters. The zero-order valence-corrected chi connectivity index (χ0v) is 8.06. The van der Waals surface area contributed by atoms with Gasteiger partial charge in [0.1, 0.15) is 12.2 Å². The third kappa shape index (κ3) is 1.38. The Morgan fingerprint density at radius 1 is 1.73 bits per heavy atom. The molecule has 82 valence electrons. The Kier molecular flexibility index (Phi) is 2.14. The average molecular weight is 222 g/mol. The van der Waals surface area contributed by atoms with Crippen LogP contribution in [0.1, 0.15) is 6.92 Å². The van der Waals surface area contributed by atoms with Gasteiger partial charge in [0, 0.05) is 13.0 Å². The second kappa shape index (κ2) is 3.13. The molecule has 1 fully saturated rings. The molecule has 0 radical (unpaired) electrons. The number of hydrogen-bond acceptors (Lipinski definition) is 5. The molecule has 0 spiro atoms. The number of carbonyl (C=O) groups is 2. The summed E-state index contributed by atoms with van der Waals surface area (Å²) in [5.74, 6) is -0.797. The Hall–Kier alpha value is -1.24. The van der Waals surface area contributed by atoms with Gasteiger partial charge in [0.15, 0.2) is 11.4 Å². The maximum atomic E-state index is 11.5. The van der Waals surface area contributed by atoms with E-state index in [0.29, 0.717) is 0 Å². The van der Waals surface area contributed by atoms with Crippen molar-refractivity contribution in [2.24, 2.45) is 0 Å². The Bertz CT molecular complexity index is 364. The van der Waals surface area contributed by atoms with Crippen LogP contribution in [0, 0.1) is 0 Å². The summed E-state index contributed by atoms with van der Waals surface area (Å²) < 4.78 is 5.00. The molecule has 1 amide bonds. The van der Waals surface area contributed by atoms with E-state index in [1.165, 1.54) is 6.92 Å². The minimum Gasteiger partial charge on any atom is -0.393 e. The van der Waals surface area contributed by atoms with Crippen molar-refractivity contribution < 1.29 is 24.5 Å². The number of amides is 1. The van der Waals surface area contributed by atoms with Crippen LogP contribution in [0.2, 0.25) is 0 Å². The Balaban J connectivity index is 2.23. The topological polar surface area (TPSA) is 99.2 Å². The first kappa shape index (κ1) is 10.3. The number of nitrogens with one attached hydrogen (secondary N) is 1. The first-order chi connectivity index (χ1) is 7.01. The van der Waals surface area contributed by atoms with Gasteiger partial charge in [-0.1, -0.05) is 0 Å². The number of hydrogen-bond donors (Lipinski definition) is 3. The Morgan fingerprint density at radius 2 is 2.40 bits per heavy atom. The number of ketones is 1. The minimum atomic E-state index is -1.28. The van der Waals surface area contributed by atoms with E-state index < -0.39 is 30.2 Å². The largest absolute Gasteiger partial charge is 0.393 e. The summed E-state index contributed by atoms with van der Waals surface area (Å²) in [7, 11) is 0. The molecule has 1 aliphatic heterocycles. The Morgan fingerprint density at radius 3 is 2.93 bits per heavy atom. The maximum Gasteiger partial charge on any atom is 0.221 e. The Labute approximate surface area is 85.5 Å². The van der Waals surface area contributed by atoms with Crippen LogP contribution in [0.4, 0.5) is 0 Å². The molecular weight excluding hydrogens is 211 g/mol. The fourth-order valence-electron chi connectivity index (χ4n) is 1.74. The first-order valence-electron chi connectivity index (χ1n) is 4.51. The summed E-state index contributed by atoms with van der Waals surface area (Å²) >= 11 is 0. The molecule has 0 aromatic rings. The van der Waals surface area contributed by atoms with Crippen LogP contribution in [-0.2, 0) is 14.3 Å². The second-order valence-electron chi connectivity index (χ2n) is 3.68. The fourth-order valence-corrected chi connectivity index (χ4v) is 1.74. The molecular formula is C9H11NO5. The van der Waals surface area contributed by atoms with Crippen molar-refractivity contribution in [2.75, 3.05) is 6.61 Å². The van der Waals surface area contributed by atoms with E-state index in [0.717, 1.165) is 6.08 Å². The van der Waals surface area contributed by atoms with Gasteiger partial charge in [-0.05, 0) is 0 Å². The van der Waals surface area contributed by atoms with Gasteiger partial charge < -0.3 is 20.3 Å². The van der Waals surface area contributed by atoms with Crippen LogP contribution in [0.25, 0.3) is 0 Å². The van der Waals surface area contributed by atoms with Crippen molar-refractivity contribution in [3.8, 4) is 0 Å². The van der Waals surface area contributed by atoms with Crippen molar-refractivity contribution in [2.45, 2.75) is 24.7 Å². The molecule has 3 N–H and O–H groups in total. The first-order valence-corrected chi connectivity index (χ1v) is 4.51. The number of ether oxygens (including phenoxy) is 1. The third-order valence-electron chi connectivity index (χ3n) is 2.60. The molecule has 6 nitrogen and oxygen atoms in total. The van der Waals surface area contributed by atoms with Crippen LogP contribution in [0.5, 0.6) is 0 Å². The van der Waals surface area contributed by atoms with Crippen molar-refractivity contribution in [3.63, 3.8) is 0 Å². The molecule has 1 saturated heterocycles. The van der Waals surface area contributed by atoms with E-state index in [-0.39, 0.29) is 11.6 Å². The highest BCUT2D eigenvalue weighted by Crippen LogP contribution is 2.44. The molecule has 2 rings (SSSR count). The summed E-state index contributed by atoms with van der Waals surface area (Å²) in [4.78, 5) is 22.3. The lowest BCUT2D eigenvalue weighted by atomic mass is 10.9. The molecule has 0 aromatic heterocycles. The molecule has 1 aliphatic carbocycles. The van der Waals surface area contributed by atoms with Crippen LogP contribution < -0.4 is 5.32 Å². The normalized spacial score (nSPS) is 38.1. The highest BCUT2D eigenvalue weighted by molar-refractivity contribution is 6.02. The van der Waals surface area contributed by atoms with Gasteiger partial charge in [-0.25, -0.2) is 0 Å². The van der Waals surface area contributed by atoms with E-state index >= 15 is 0 Å². The quantitative estimate of drug-likeness (QED) is 0.373. The van der Waals surface area contributed by atoms with Crippen LogP contribution >= 0.6 is 0 Å². The van der Waals surface area contributed by atoms with Gasteiger partial charge >= 0.3 is 0 Å². The van der Waals surface area contributed by atoms with Gasteiger partial charge in [-0.3, -0.25) is 9.59 Å². The van der Waals surface area contributed by atoms with E-state index in [1.54, 1.807) is 0 Å². The number of rotatable bonds is 2.